The molecule has 0 saturated heterocycles. The molecule has 1 heterocycles. The van der Waals surface area contributed by atoms with Crippen molar-refractivity contribution in [1.29, 1.82) is 0 Å². The van der Waals surface area contributed by atoms with E-state index in [2.05, 4.69) is 31.0 Å². The van der Waals surface area contributed by atoms with Gasteiger partial charge in [-0.1, -0.05) is 11.8 Å². The van der Waals surface area contributed by atoms with Crippen LogP contribution in [0, 0.1) is 11.6 Å². The molecular weight excluding hydrogens is 418 g/mol. The van der Waals surface area contributed by atoms with E-state index in [9.17, 15) is 18.7 Å². The molecule has 0 aliphatic carbocycles. The Morgan fingerprint density at radius 1 is 1.30 bits per heavy atom. The molecule has 0 radical (unpaired) electrons. The first-order valence-corrected chi connectivity index (χ1v) is 9.39. The number of nitrogens with zero attached hydrogens (tertiary/aromatic N) is 3. The van der Waals surface area contributed by atoms with Crippen molar-refractivity contribution in [3.63, 3.8) is 0 Å². The van der Waals surface area contributed by atoms with Crippen molar-refractivity contribution < 1.29 is 23.4 Å². The second-order valence-electron chi connectivity index (χ2n) is 5.73. The number of aromatic hydroxyl groups is 1. The average Bonchev–Trinajstić information content (AvgIpc) is 3.18. The van der Waals surface area contributed by atoms with Gasteiger partial charge in [-0.05, 0) is 30.3 Å². The fourth-order valence-electron chi connectivity index (χ4n) is 2.19. The maximum Gasteiger partial charge on any atom is 0.240 e. The number of aromatic nitrogens is 3. The van der Waals surface area contributed by atoms with E-state index < -0.39 is 17.5 Å². The van der Waals surface area contributed by atoms with Crippen LogP contribution in [0.4, 0.5) is 20.4 Å². The number of methoxy groups -OCH3 is 1. The number of amides is 1. The molecule has 3 rings (SSSR count). The number of anilines is 2. The molecule has 0 aliphatic heterocycles. The second-order valence-corrected chi connectivity index (χ2v) is 6.67. The van der Waals surface area contributed by atoms with Gasteiger partial charge in [-0.2, -0.15) is 10.1 Å². The van der Waals surface area contributed by atoms with Gasteiger partial charge in [-0.3, -0.25) is 4.79 Å². The molecule has 0 bridgehead atoms. The molecular formula is C18H16F2N6O3S. The van der Waals surface area contributed by atoms with Gasteiger partial charge in [0.15, 0.2) is 11.6 Å². The van der Waals surface area contributed by atoms with Crippen LogP contribution in [0.1, 0.15) is 5.56 Å². The summed E-state index contributed by atoms with van der Waals surface area (Å²) in [6.45, 7) is 0. The van der Waals surface area contributed by atoms with Crippen LogP contribution >= 0.6 is 11.8 Å². The number of hydrazone groups is 1. The van der Waals surface area contributed by atoms with Crippen LogP contribution in [0.25, 0.3) is 0 Å². The summed E-state index contributed by atoms with van der Waals surface area (Å²) in [4.78, 5) is 16.0. The number of carbonyl (C=O) groups excluding carboxylic acids is 1. The fourth-order valence-corrected chi connectivity index (χ4v) is 2.79. The number of hydrogen-bond donors (Lipinski definition) is 4. The summed E-state index contributed by atoms with van der Waals surface area (Å²) in [5.41, 5.74) is 3.19. The standard InChI is InChI=1S/C18H16F2N6O3S/c1-29-12-3-5-15(27)10(6-12)8-21-24-17-23-18(26-25-17)30-9-16(28)22-11-2-4-13(19)14(20)7-11/h2-8,27H,9H2,1H3,(H,22,28)(H2,23,24,25,26)/b21-8-. The summed E-state index contributed by atoms with van der Waals surface area (Å²) < 4.78 is 31.1. The van der Waals surface area contributed by atoms with Crippen molar-refractivity contribution in [1.82, 2.24) is 15.2 Å². The lowest BCUT2D eigenvalue weighted by Gasteiger charge is -2.04. The van der Waals surface area contributed by atoms with Crippen LogP contribution < -0.4 is 15.5 Å². The quantitative estimate of drug-likeness (QED) is 0.244. The molecule has 0 fully saturated rings. The Labute approximate surface area is 173 Å². The smallest absolute Gasteiger partial charge is 0.240 e. The highest BCUT2D eigenvalue weighted by molar-refractivity contribution is 7.99. The van der Waals surface area contributed by atoms with Crippen molar-refractivity contribution in [2.75, 3.05) is 23.6 Å². The number of halogens is 2. The molecule has 9 nitrogen and oxygen atoms in total. The zero-order valence-electron chi connectivity index (χ0n) is 15.5. The number of rotatable bonds is 8. The van der Waals surface area contributed by atoms with Crippen molar-refractivity contribution in [3.05, 3.63) is 53.6 Å². The summed E-state index contributed by atoms with van der Waals surface area (Å²) in [6.07, 6.45) is 1.38. The first kappa shape index (κ1) is 21.0. The lowest BCUT2D eigenvalue weighted by atomic mass is 10.2. The number of carbonyl (C=O) groups is 1. The number of thioether (sulfide) groups is 1. The Kier molecular flexibility index (Phi) is 6.80. The number of hydrogen-bond acceptors (Lipinski definition) is 8. The minimum Gasteiger partial charge on any atom is -0.507 e. The minimum atomic E-state index is -1.05. The third-order valence-electron chi connectivity index (χ3n) is 3.61. The predicted molar refractivity (Wildman–Crippen MR) is 108 cm³/mol. The third kappa shape index (κ3) is 5.67. The van der Waals surface area contributed by atoms with Crippen molar-refractivity contribution >= 4 is 35.5 Å². The molecule has 156 valence electrons. The minimum absolute atomic E-state index is 0.0298. The molecule has 4 N–H and O–H groups in total. The summed E-state index contributed by atoms with van der Waals surface area (Å²) >= 11 is 1.03. The van der Waals surface area contributed by atoms with Crippen LogP contribution in [-0.2, 0) is 4.79 Å². The summed E-state index contributed by atoms with van der Waals surface area (Å²) in [5, 5.41) is 23.0. The number of aromatic amines is 1. The van der Waals surface area contributed by atoms with E-state index in [0.29, 0.717) is 11.3 Å². The Hall–Kier alpha value is -3.67. The lowest BCUT2D eigenvalue weighted by molar-refractivity contribution is -0.113. The van der Waals surface area contributed by atoms with Crippen LogP contribution in [0.15, 0.2) is 46.7 Å². The molecule has 0 saturated carbocycles. The van der Waals surface area contributed by atoms with Crippen LogP contribution in [-0.4, -0.2) is 45.3 Å². The summed E-state index contributed by atoms with van der Waals surface area (Å²) in [6, 6.07) is 7.78. The molecule has 0 aliphatic rings. The third-order valence-corrected chi connectivity index (χ3v) is 4.46. The van der Waals surface area contributed by atoms with E-state index in [1.165, 1.54) is 25.5 Å². The molecule has 1 aromatic heterocycles. The van der Waals surface area contributed by atoms with Crippen LogP contribution in [0.2, 0.25) is 0 Å². The Bertz CT molecular complexity index is 1080. The van der Waals surface area contributed by atoms with E-state index in [1.54, 1.807) is 12.1 Å². The Morgan fingerprint density at radius 2 is 2.13 bits per heavy atom. The molecule has 1 amide bonds. The van der Waals surface area contributed by atoms with Crippen molar-refractivity contribution in [2.24, 2.45) is 5.10 Å². The average molecular weight is 434 g/mol. The van der Waals surface area contributed by atoms with E-state index >= 15 is 0 Å². The highest BCUT2D eigenvalue weighted by Crippen LogP contribution is 2.21. The van der Waals surface area contributed by atoms with E-state index in [-0.39, 0.29) is 28.3 Å². The van der Waals surface area contributed by atoms with E-state index in [0.717, 1.165) is 23.9 Å². The van der Waals surface area contributed by atoms with E-state index in [1.807, 2.05) is 0 Å². The molecule has 0 unspecified atom stereocenters. The number of ether oxygens (including phenoxy) is 1. The van der Waals surface area contributed by atoms with Crippen LogP contribution in [0.3, 0.4) is 0 Å². The van der Waals surface area contributed by atoms with Crippen molar-refractivity contribution in [2.45, 2.75) is 5.16 Å². The molecule has 2 aromatic carbocycles. The molecule has 12 heteroatoms. The number of nitrogens with one attached hydrogen (secondary N) is 3. The summed E-state index contributed by atoms with van der Waals surface area (Å²) in [5.74, 6) is -1.71. The Balaban J connectivity index is 1.50. The van der Waals surface area contributed by atoms with Gasteiger partial charge in [-0.25, -0.2) is 19.3 Å². The van der Waals surface area contributed by atoms with Gasteiger partial charge in [0.05, 0.1) is 19.1 Å². The number of benzene rings is 2. The van der Waals surface area contributed by atoms with Crippen LogP contribution in [0.5, 0.6) is 11.5 Å². The molecule has 3 aromatic rings. The molecule has 0 atom stereocenters. The lowest BCUT2D eigenvalue weighted by Crippen LogP contribution is -2.14. The molecule has 30 heavy (non-hydrogen) atoms. The van der Waals surface area contributed by atoms with Gasteiger partial charge in [-0.15, -0.1) is 5.10 Å². The van der Waals surface area contributed by atoms with Gasteiger partial charge < -0.3 is 15.2 Å². The maximum atomic E-state index is 13.2. The SMILES string of the molecule is COc1ccc(O)c(/C=N\Nc2nc(SCC(=O)Nc3ccc(F)c(F)c3)n[nH]2)c1. The largest absolute Gasteiger partial charge is 0.507 e. The van der Waals surface area contributed by atoms with Gasteiger partial charge >= 0.3 is 0 Å². The number of phenols is 1. The van der Waals surface area contributed by atoms with E-state index in [4.69, 9.17) is 4.74 Å². The first-order valence-electron chi connectivity index (χ1n) is 8.41. The van der Waals surface area contributed by atoms with Crippen molar-refractivity contribution in [3.8, 4) is 11.5 Å². The highest BCUT2D eigenvalue weighted by Gasteiger charge is 2.09. The maximum absolute atomic E-state index is 13.2. The second kappa shape index (κ2) is 9.69. The number of H-pyrrole nitrogens is 1. The highest BCUT2D eigenvalue weighted by atomic mass is 32.2. The fraction of sp³-hybridized carbons (Fsp3) is 0.111. The number of phenolic OH excluding ortho intramolecular Hbond substituents is 1. The summed E-state index contributed by atoms with van der Waals surface area (Å²) in [7, 11) is 1.51. The van der Waals surface area contributed by atoms with Gasteiger partial charge in [0.1, 0.15) is 11.5 Å². The zero-order chi connectivity index (χ0) is 21.5. The first-order chi connectivity index (χ1) is 14.4. The van der Waals surface area contributed by atoms with Gasteiger partial charge in [0, 0.05) is 17.3 Å². The molecule has 0 spiro atoms. The monoisotopic (exact) mass is 434 g/mol. The van der Waals surface area contributed by atoms with Gasteiger partial charge in [0.25, 0.3) is 0 Å². The van der Waals surface area contributed by atoms with Gasteiger partial charge in [0.2, 0.25) is 17.0 Å². The normalized spacial score (nSPS) is 10.9. The topological polar surface area (TPSA) is 125 Å². The zero-order valence-corrected chi connectivity index (χ0v) is 16.3. The Morgan fingerprint density at radius 3 is 2.90 bits per heavy atom. The predicted octanol–water partition coefficient (Wildman–Crippen LogP) is 2.97.